The minimum Gasteiger partial charge on any atom is -0.497 e. The van der Waals surface area contributed by atoms with E-state index >= 15 is 0 Å². The maximum absolute atomic E-state index is 12.5. The number of nitrogens with zero attached hydrogens (tertiary/aromatic N) is 3. The number of aryl methyl sites for hydroxylation is 1. The summed E-state index contributed by atoms with van der Waals surface area (Å²) >= 11 is 0. The van der Waals surface area contributed by atoms with Crippen molar-refractivity contribution in [3.63, 3.8) is 0 Å². The van der Waals surface area contributed by atoms with Crippen LogP contribution in [0.5, 0.6) is 5.75 Å². The van der Waals surface area contributed by atoms with Gasteiger partial charge in [0.05, 0.1) is 7.11 Å². The van der Waals surface area contributed by atoms with Gasteiger partial charge in [0.2, 0.25) is 5.90 Å². The molecule has 8 nitrogen and oxygen atoms in total. The third kappa shape index (κ3) is 4.85. The van der Waals surface area contributed by atoms with Gasteiger partial charge in [-0.05, 0) is 42.8 Å². The Kier molecular flexibility index (Phi) is 5.88. The fraction of sp³-hybridized carbons (Fsp3) is 0.261. The van der Waals surface area contributed by atoms with Crippen LogP contribution in [0.1, 0.15) is 11.1 Å². The second kappa shape index (κ2) is 8.91. The van der Waals surface area contributed by atoms with E-state index in [1.165, 1.54) is 0 Å². The first-order valence-electron chi connectivity index (χ1n) is 10.1. The standard InChI is InChI=1S/C23H24N4O4/c1-16-5-3-7-18(13-16)24-23(29)27-11-9-26(10-12-27)15-20-22(28)31-21(25-20)17-6-4-8-19(14-17)30-2/h3-8,13-15H,9-12H2,1-2H3,(H,24,29)/b20-15+. The zero-order chi connectivity index (χ0) is 21.8. The van der Waals surface area contributed by atoms with Gasteiger partial charge in [0.1, 0.15) is 5.75 Å². The Morgan fingerprint density at radius 2 is 1.90 bits per heavy atom. The second-order valence-electron chi connectivity index (χ2n) is 7.38. The zero-order valence-corrected chi connectivity index (χ0v) is 17.5. The van der Waals surface area contributed by atoms with Crippen molar-refractivity contribution >= 4 is 23.6 Å². The Labute approximate surface area is 180 Å². The number of piperazine rings is 1. The summed E-state index contributed by atoms with van der Waals surface area (Å²) < 4.78 is 10.5. The Morgan fingerprint density at radius 1 is 1.13 bits per heavy atom. The lowest BCUT2D eigenvalue weighted by Gasteiger charge is -2.34. The van der Waals surface area contributed by atoms with Gasteiger partial charge in [-0.1, -0.05) is 18.2 Å². The molecule has 2 aromatic rings. The van der Waals surface area contributed by atoms with Gasteiger partial charge in [0.15, 0.2) is 5.70 Å². The molecular formula is C23H24N4O4. The lowest BCUT2D eigenvalue weighted by Crippen LogP contribution is -2.48. The molecule has 0 radical (unpaired) electrons. The highest BCUT2D eigenvalue weighted by Gasteiger charge is 2.27. The number of hydrogen-bond donors (Lipinski definition) is 1. The molecular weight excluding hydrogens is 396 g/mol. The molecule has 1 N–H and O–H groups in total. The fourth-order valence-corrected chi connectivity index (χ4v) is 3.43. The quantitative estimate of drug-likeness (QED) is 0.607. The van der Waals surface area contributed by atoms with Crippen molar-refractivity contribution in [3.05, 3.63) is 71.6 Å². The van der Waals surface area contributed by atoms with Crippen molar-refractivity contribution in [2.45, 2.75) is 6.92 Å². The lowest BCUT2D eigenvalue weighted by atomic mass is 10.2. The molecule has 4 rings (SSSR count). The van der Waals surface area contributed by atoms with Crippen molar-refractivity contribution in [1.82, 2.24) is 9.80 Å². The van der Waals surface area contributed by atoms with Crippen molar-refractivity contribution in [3.8, 4) is 5.75 Å². The average Bonchev–Trinajstić information content (AvgIpc) is 3.14. The van der Waals surface area contributed by atoms with Gasteiger partial charge in [0.25, 0.3) is 0 Å². The summed E-state index contributed by atoms with van der Waals surface area (Å²) in [4.78, 5) is 32.8. The van der Waals surface area contributed by atoms with Crippen LogP contribution in [0.2, 0.25) is 0 Å². The number of esters is 1. The largest absolute Gasteiger partial charge is 0.497 e. The SMILES string of the molecule is COc1cccc(C2=N/C(=C/N3CCN(C(=O)Nc4cccc(C)c4)CC3)C(=O)O2)c1. The molecule has 0 spiro atoms. The van der Waals surface area contributed by atoms with Crippen LogP contribution in [0.25, 0.3) is 0 Å². The smallest absolute Gasteiger partial charge is 0.365 e. The lowest BCUT2D eigenvalue weighted by molar-refractivity contribution is -0.130. The van der Waals surface area contributed by atoms with E-state index in [1.54, 1.807) is 24.3 Å². The van der Waals surface area contributed by atoms with E-state index in [2.05, 4.69) is 10.3 Å². The highest BCUT2D eigenvalue weighted by atomic mass is 16.6. The molecule has 2 aromatic carbocycles. The van der Waals surface area contributed by atoms with E-state index in [1.807, 2.05) is 54.3 Å². The number of hydrogen-bond acceptors (Lipinski definition) is 6. The maximum Gasteiger partial charge on any atom is 0.365 e. The molecule has 0 aromatic heterocycles. The van der Waals surface area contributed by atoms with Gasteiger partial charge < -0.3 is 24.6 Å². The summed E-state index contributed by atoms with van der Waals surface area (Å²) in [5.74, 6) is 0.428. The summed E-state index contributed by atoms with van der Waals surface area (Å²) in [5.41, 5.74) is 2.79. The third-order valence-electron chi connectivity index (χ3n) is 5.11. The first-order valence-corrected chi connectivity index (χ1v) is 10.1. The Morgan fingerprint density at radius 3 is 2.65 bits per heavy atom. The normalized spacial score (nSPS) is 17.4. The van der Waals surface area contributed by atoms with Gasteiger partial charge >= 0.3 is 12.0 Å². The molecule has 0 aliphatic carbocycles. The molecule has 0 unspecified atom stereocenters. The van der Waals surface area contributed by atoms with Gasteiger partial charge in [-0.3, -0.25) is 0 Å². The number of anilines is 1. The van der Waals surface area contributed by atoms with Crippen molar-refractivity contribution in [2.75, 3.05) is 38.6 Å². The molecule has 2 amide bonds. The van der Waals surface area contributed by atoms with Crippen LogP contribution in [-0.4, -0.2) is 61.0 Å². The number of cyclic esters (lactones) is 1. The van der Waals surface area contributed by atoms with Gasteiger partial charge in [-0.25, -0.2) is 14.6 Å². The first kappa shape index (κ1) is 20.5. The van der Waals surface area contributed by atoms with Crippen LogP contribution in [0.3, 0.4) is 0 Å². The number of carbonyl (C=O) groups excluding carboxylic acids is 2. The van der Waals surface area contributed by atoms with Crippen LogP contribution in [0.4, 0.5) is 10.5 Å². The van der Waals surface area contributed by atoms with E-state index in [0.29, 0.717) is 37.5 Å². The number of aliphatic imine (C=N–C) groups is 1. The maximum atomic E-state index is 12.5. The Balaban J connectivity index is 1.36. The Bertz CT molecular complexity index is 1060. The molecule has 160 valence electrons. The van der Waals surface area contributed by atoms with Crippen LogP contribution >= 0.6 is 0 Å². The van der Waals surface area contributed by atoms with Crippen LogP contribution in [-0.2, 0) is 9.53 Å². The molecule has 0 bridgehead atoms. The second-order valence-corrected chi connectivity index (χ2v) is 7.38. The summed E-state index contributed by atoms with van der Waals surface area (Å²) in [5, 5.41) is 2.93. The number of nitrogens with one attached hydrogen (secondary N) is 1. The number of urea groups is 1. The summed E-state index contributed by atoms with van der Waals surface area (Å²) in [7, 11) is 1.58. The zero-order valence-electron chi connectivity index (χ0n) is 17.5. The molecule has 2 aliphatic rings. The van der Waals surface area contributed by atoms with E-state index in [-0.39, 0.29) is 17.6 Å². The topological polar surface area (TPSA) is 83.5 Å². The van der Waals surface area contributed by atoms with Crippen LogP contribution in [0, 0.1) is 6.92 Å². The predicted octanol–water partition coefficient (Wildman–Crippen LogP) is 3.00. The van der Waals surface area contributed by atoms with E-state index in [9.17, 15) is 9.59 Å². The summed E-state index contributed by atoms with van der Waals surface area (Å²) in [6.07, 6.45) is 1.70. The van der Waals surface area contributed by atoms with E-state index in [4.69, 9.17) is 9.47 Å². The number of benzene rings is 2. The number of rotatable bonds is 4. The molecule has 1 saturated heterocycles. The number of carbonyl (C=O) groups is 2. The van der Waals surface area contributed by atoms with Gasteiger partial charge in [0, 0.05) is 43.6 Å². The van der Waals surface area contributed by atoms with Crippen LogP contribution < -0.4 is 10.1 Å². The molecule has 2 heterocycles. The molecule has 8 heteroatoms. The molecule has 1 fully saturated rings. The predicted molar refractivity (Wildman–Crippen MR) is 117 cm³/mol. The highest BCUT2D eigenvalue weighted by molar-refractivity contribution is 6.11. The number of amides is 2. The third-order valence-corrected chi connectivity index (χ3v) is 5.11. The summed E-state index contributed by atoms with van der Waals surface area (Å²) in [6, 6.07) is 14.8. The van der Waals surface area contributed by atoms with Gasteiger partial charge in [-0.2, -0.15) is 0 Å². The fourth-order valence-electron chi connectivity index (χ4n) is 3.43. The van der Waals surface area contributed by atoms with Crippen molar-refractivity contribution < 1.29 is 19.1 Å². The Hall–Kier alpha value is -3.81. The summed E-state index contributed by atoms with van der Waals surface area (Å²) in [6.45, 7) is 4.27. The molecule has 0 saturated carbocycles. The van der Waals surface area contributed by atoms with Crippen molar-refractivity contribution in [2.24, 2.45) is 4.99 Å². The highest BCUT2D eigenvalue weighted by Crippen LogP contribution is 2.21. The van der Waals surface area contributed by atoms with E-state index in [0.717, 1.165) is 11.3 Å². The monoisotopic (exact) mass is 420 g/mol. The number of methoxy groups -OCH3 is 1. The minimum absolute atomic E-state index is 0.128. The van der Waals surface area contributed by atoms with Crippen LogP contribution in [0.15, 0.2) is 65.4 Å². The average molecular weight is 420 g/mol. The number of ether oxygens (including phenoxy) is 2. The van der Waals surface area contributed by atoms with Crippen molar-refractivity contribution in [1.29, 1.82) is 0 Å². The van der Waals surface area contributed by atoms with Gasteiger partial charge in [-0.15, -0.1) is 0 Å². The minimum atomic E-state index is -0.488. The molecule has 0 atom stereocenters. The molecule has 2 aliphatic heterocycles. The first-order chi connectivity index (χ1) is 15.0. The van der Waals surface area contributed by atoms with E-state index < -0.39 is 5.97 Å². The molecule has 31 heavy (non-hydrogen) atoms.